The smallest absolute Gasteiger partial charge is 0.191 e. The molecule has 20 heavy (non-hydrogen) atoms. The maximum Gasteiger partial charge on any atom is 0.191 e. The maximum absolute atomic E-state index is 4.23. The van der Waals surface area contributed by atoms with Crippen molar-refractivity contribution in [1.82, 2.24) is 10.6 Å². The van der Waals surface area contributed by atoms with E-state index >= 15 is 0 Å². The molecule has 0 aliphatic heterocycles. The predicted octanol–water partition coefficient (Wildman–Crippen LogP) is 3.68. The molecule has 0 spiro atoms. The van der Waals surface area contributed by atoms with Crippen LogP contribution >= 0.6 is 27.3 Å². The summed E-state index contributed by atoms with van der Waals surface area (Å²) in [6.07, 6.45) is 0. The first-order valence-corrected chi connectivity index (χ1v) is 8.02. The Kier molecular flexibility index (Phi) is 5.61. The molecule has 106 valence electrons. The van der Waals surface area contributed by atoms with Crippen LogP contribution < -0.4 is 10.6 Å². The molecule has 2 aromatic rings. The zero-order valence-electron chi connectivity index (χ0n) is 11.6. The van der Waals surface area contributed by atoms with Crippen molar-refractivity contribution >= 4 is 33.2 Å². The molecule has 2 N–H and O–H groups in total. The predicted molar refractivity (Wildman–Crippen MR) is 90.2 cm³/mol. The van der Waals surface area contributed by atoms with E-state index in [4.69, 9.17) is 0 Å². The third-order valence-electron chi connectivity index (χ3n) is 2.82. The fourth-order valence-electron chi connectivity index (χ4n) is 1.76. The van der Waals surface area contributed by atoms with Crippen LogP contribution in [0.15, 0.2) is 45.9 Å². The van der Waals surface area contributed by atoms with Crippen LogP contribution in [0.25, 0.3) is 0 Å². The van der Waals surface area contributed by atoms with Crippen molar-refractivity contribution in [2.24, 2.45) is 4.99 Å². The van der Waals surface area contributed by atoms with E-state index in [-0.39, 0.29) is 0 Å². The second-order valence-corrected chi connectivity index (χ2v) is 6.71. The van der Waals surface area contributed by atoms with Gasteiger partial charge < -0.3 is 10.6 Å². The van der Waals surface area contributed by atoms with Gasteiger partial charge in [0, 0.05) is 27.8 Å². The SMILES string of the molecule is CN=C(NCc1ccc(Br)cc1)NCc1ccc(C)s1. The summed E-state index contributed by atoms with van der Waals surface area (Å²) in [5.41, 5.74) is 1.23. The van der Waals surface area contributed by atoms with Gasteiger partial charge in [0.05, 0.1) is 6.54 Å². The van der Waals surface area contributed by atoms with Gasteiger partial charge in [-0.15, -0.1) is 11.3 Å². The lowest BCUT2D eigenvalue weighted by atomic mass is 10.2. The second-order valence-electron chi connectivity index (χ2n) is 4.42. The van der Waals surface area contributed by atoms with Crippen LogP contribution in [-0.4, -0.2) is 13.0 Å². The Hall–Kier alpha value is -1.33. The van der Waals surface area contributed by atoms with Crippen molar-refractivity contribution in [3.63, 3.8) is 0 Å². The average molecular weight is 352 g/mol. The van der Waals surface area contributed by atoms with Crippen molar-refractivity contribution in [1.29, 1.82) is 0 Å². The minimum Gasteiger partial charge on any atom is -0.352 e. The lowest BCUT2D eigenvalue weighted by Crippen LogP contribution is -2.36. The first-order valence-electron chi connectivity index (χ1n) is 6.41. The Labute approximate surface area is 132 Å². The minimum absolute atomic E-state index is 0.760. The lowest BCUT2D eigenvalue weighted by molar-refractivity contribution is 0.815. The number of nitrogens with zero attached hydrogens (tertiary/aromatic N) is 1. The third-order valence-corrected chi connectivity index (χ3v) is 4.35. The van der Waals surface area contributed by atoms with E-state index in [9.17, 15) is 0 Å². The Morgan fingerprint density at radius 3 is 2.40 bits per heavy atom. The molecule has 0 fully saturated rings. The number of nitrogens with one attached hydrogen (secondary N) is 2. The van der Waals surface area contributed by atoms with Crippen LogP contribution in [-0.2, 0) is 13.1 Å². The van der Waals surface area contributed by atoms with E-state index < -0.39 is 0 Å². The van der Waals surface area contributed by atoms with Gasteiger partial charge in [-0.2, -0.15) is 0 Å². The molecule has 0 aliphatic rings. The number of thiophene rings is 1. The maximum atomic E-state index is 4.23. The fourth-order valence-corrected chi connectivity index (χ4v) is 2.85. The summed E-state index contributed by atoms with van der Waals surface area (Å²) in [5.74, 6) is 0.818. The summed E-state index contributed by atoms with van der Waals surface area (Å²) in [7, 11) is 1.79. The van der Waals surface area contributed by atoms with Gasteiger partial charge in [0.25, 0.3) is 0 Å². The summed E-state index contributed by atoms with van der Waals surface area (Å²) in [6, 6.07) is 12.6. The quantitative estimate of drug-likeness (QED) is 0.651. The van der Waals surface area contributed by atoms with E-state index in [0.717, 1.165) is 23.5 Å². The number of hydrogen-bond acceptors (Lipinski definition) is 2. The number of guanidine groups is 1. The molecule has 5 heteroatoms. The Bertz CT molecular complexity index is 575. The first-order chi connectivity index (χ1) is 9.67. The molecule has 0 saturated carbocycles. The van der Waals surface area contributed by atoms with E-state index in [1.54, 1.807) is 18.4 Å². The fraction of sp³-hybridized carbons (Fsp3) is 0.267. The summed E-state index contributed by atoms with van der Waals surface area (Å²) < 4.78 is 1.09. The van der Waals surface area contributed by atoms with Gasteiger partial charge in [0.15, 0.2) is 5.96 Å². The number of rotatable bonds is 4. The molecule has 1 aromatic carbocycles. The molecule has 0 bridgehead atoms. The highest BCUT2D eigenvalue weighted by atomic mass is 79.9. The van der Waals surface area contributed by atoms with Gasteiger partial charge in [0.1, 0.15) is 0 Å². The molecular formula is C15H18BrN3S. The van der Waals surface area contributed by atoms with Crippen LogP contribution in [0.3, 0.4) is 0 Å². The Balaban J connectivity index is 1.82. The molecule has 0 aliphatic carbocycles. The first kappa shape index (κ1) is 15.1. The average Bonchev–Trinajstić information content (AvgIpc) is 2.87. The molecule has 3 nitrogen and oxygen atoms in total. The van der Waals surface area contributed by atoms with E-state index in [2.05, 4.69) is 62.7 Å². The van der Waals surface area contributed by atoms with Crippen molar-refractivity contribution < 1.29 is 0 Å². The highest BCUT2D eigenvalue weighted by molar-refractivity contribution is 9.10. The zero-order valence-corrected chi connectivity index (χ0v) is 14.0. The van der Waals surface area contributed by atoms with E-state index in [1.807, 2.05) is 12.1 Å². The highest BCUT2D eigenvalue weighted by Crippen LogP contribution is 2.14. The molecule has 2 rings (SSSR count). The number of benzene rings is 1. The molecule has 0 amide bonds. The van der Waals surface area contributed by atoms with Gasteiger partial charge in [0.2, 0.25) is 0 Å². The van der Waals surface area contributed by atoms with Crippen molar-refractivity contribution in [2.75, 3.05) is 7.05 Å². The number of halogens is 1. The Morgan fingerprint density at radius 1 is 1.10 bits per heavy atom. The van der Waals surface area contributed by atoms with Gasteiger partial charge in [-0.05, 0) is 36.8 Å². The van der Waals surface area contributed by atoms with Crippen LogP contribution in [0.4, 0.5) is 0 Å². The molecule has 1 heterocycles. The highest BCUT2D eigenvalue weighted by Gasteiger charge is 2.00. The largest absolute Gasteiger partial charge is 0.352 e. The van der Waals surface area contributed by atoms with Crippen LogP contribution in [0.5, 0.6) is 0 Å². The summed E-state index contributed by atoms with van der Waals surface area (Å²) in [5, 5.41) is 6.63. The summed E-state index contributed by atoms with van der Waals surface area (Å²) in [4.78, 5) is 6.88. The Morgan fingerprint density at radius 2 is 1.80 bits per heavy atom. The van der Waals surface area contributed by atoms with Crippen molar-refractivity contribution in [3.05, 3.63) is 56.2 Å². The third kappa shape index (κ3) is 4.65. The van der Waals surface area contributed by atoms with E-state index in [1.165, 1.54) is 15.3 Å². The van der Waals surface area contributed by atoms with Gasteiger partial charge in [-0.3, -0.25) is 4.99 Å². The minimum atomic E-state index is 0.760. The van der Waals surface area contributed by atoms with Crippen molar-refractivity contribution in [2.45, 2.75) is 20.0 Å². The van der Waals surface area contributed by atoms with Crippen LogP contribution in [0.1, 0.15) is 15.3 Å². The number of aliphatic imine (C=N–C) groups is 1. The second kappa shape index (κ2) is 7.45. The van der Waals surface area contributed by atoms with Gasteiger partial charge in [-0.25, -0.2) is 0 Å². The zero-order chi connectivity index (χ0) is 14.4. The molecular weight excluding hydrogens is 334 g/mol. The normalized spacial score (nSPS) is 11.4. The van der Waals surface area contributed by atoms with Crippen LogP contribution in [0, 0.1) is 6.92 Å². The van der Waals surface area contributed by atoms with Crippen molar-refractivity contribution in [3.8, 4) is 0 Å². The molecule has 0 saturated heterocycles. The van der Waals surface area contributed by atoms with Gasteiger partial charge >= 0.3 is 0 Å². The number of aryl methyl sites for hydroxylation is 1. The molecule has 0 unspecified atom stereocenters. The monoisotopic (exact) mass is 351 g/mol. The standard InChI is InChI=1S/C15H18BrN3S/c1-11-3-8-14(20-11)10-19-15(17-2)18-9-12-4-6-13(16)7-5-12/h3-8H,9-10H2,1-2H3,(H2,17,18,19). The summed E-state index contributed by atoms with van der Waals surface area (Å²) in [6.45, 7) is 3.68. The van der Waals surface area contributed by atoms with E-state index in [0.29, 0.717) is 0 Å². The molecule has 1 aromatic heterocycles. The molecule has 0 radical (unpaired) electrons. The number of hydrogen-bond donors (Lipinski definition) is 2. The van der Waals surface area contributed by atoms with Crippen LogP contribution in [0.2, 0.25) is 0 Å². The lowest BCUT2D eigenvalue weighted by Gasteiger charge is -2.11. The topological polar surface area (TPSA) is 36.4 Å². The van der Waals surface area contributed by atoms with Gasteiger partial charge in [-0.1, -0.05) is 28.1 Å². The summed E-state index contributed by atoms with van der Waals surface area (Å²) >= 11 is 5.24. The molecule has 0 atom stereocenters.